The summed E-state index contributed by atoms with van der Waals surface area (Å²) in [5.41, 5.74) is 8.60. The number of ether oxygens (including phenoxy) is 1. The van der Waals surface area contributed by atoms with E-state index in [2.05, 4.69) is 37.0 Å². The number of allylic oxidation sites excluding steroid dienone is 4. The Morgan fingerprint density at radius 2 is 1.88 bits per heavy atom. The van der Waals surface area contributed by atoms with Gasteiger partial charge in [-0.25, -0.2) is 4.39 Å². The molecular formula is C28H27FN2O. The van der Waals surface area contributed by atoms with Gasteiger partial charge in [-0.1, -0.05) is 31.7 Å². The smallest absolute Gasteiger partial charge is 0.142 e. The second-order valence-corrected chi connectivity index (χ2v) is 8.16. The summed E-state index contributed by atoms with van der Waals surface area (Å²) in [5, 5.41) is 0. The summed E-state index contributed by atoms with van der Waals surface area (Å²) < 4.78 is 20.6. The Labute approximate surface area is 189 Å². The highest BCUT2D eigenvalue weighted by Crippen LogP contribution is 2.42. The van der Waals surface area contributed by atoms with Gasteiger partial charge in [0.2, 0.25) is 0 Å². The number of rotatable bonds is 1. The van der Waals surface area contributed by atoms with Gasteiger partial charge in [0.15, 0.2) is 0 Å². The summed E-state index contributed by atoms with van der Waals surface area (Å²) in [5.74, 6) is 0.339. The number of hydrogen-bond donors (Lipinski definition) is 0. The molecule has 0 radical (unpaired) electrons. The summed E-state index contributed by atoms with van der Waals surface area (Å²) >= 11 is 0. The van der Waals surface area contributed by atoms with Crippen LogP contribution in [0.2, 0.25) is 0 Å². The van der Waals surface area contributed by atoms with Crippen LogP contribution in [0, 0.1) is 12.7 Å². The number of fused-ring (bicyclic) bond motifs is 5. The predicted octanol–water partition coefficient (Wildman–Crippen LogP) is 7.50. The lowest BCUT2D eigenvalue weighted by Gasteiger charge is -2.24. The summed E-state index contributed by atoms with van der Waals surface area (Å²) in [6.07, 6.45) is 4.04. The lowest BCUT2D eigenvalue weighted by atomic mass is 9.85. The van der Waals surface area contributed by atoms with Gasteiger partial charge in [0, 0.05) is 34.6 Å². The molecule has 1 atom stereocenters. The van der Waals surface area contributed by atoms with Crippen LogP contribution in [0.25, 0.3) is 22.4 Å². The predicted molar refractivity (Wildman–Crippen MR) is 129 cm³/mol. The largest absolute Gasteiger partial charge is 0.484 e. The van der Waals surface area contributed by atoms with Crippen molar-refractivity contribution in [3.63, 3.8) is 0 Å². The van der Waals surface area contributed by atoms with Crippen molar-refractivity contribution in [3.8, 4) is 17.0 Å². The van der Waals surface area contributed by atoms with E-state index < -0.39 is 6.10 Å². The zero-order valence-electron chi connectivity index (χ0n) is 19.0. The Balaban J connectivity index is 2.06. The molecule has 0 fully saturated rings. The van der Waals surface area contributed by atoms with Crippen molar-refractivity contribution >= 4 is 11.1 Å². The fourth-order valence-electron chi connectivity index (χ4n) is 4.14. The van der Waals surface area contributed by atoms with Crippen LogP contribution in [-0.4, -0.2) is 9.97 Å². The maximum atomic E-state index is 14.3. The molecule has 1 aliphatic heterocycles. The third-order valence-electron chi connectivity index (χ3n) is 6.10. The van der Waals surface area contributed by atoms with Crippen molar-refractivity contribution in [1.29, 1.82) is 0 Å². The summed E-state index contributed by atoms with van der Waals surface area (Å²) in [4.78, 5) is 9.26. The van der Waals surface area contributed by atoms with E-state index in [1.54, 1.807) is 12.3 Å². The van der Waals surface area contributed by atoms with E-state index in [9.17, 15) is 4.39 Å². The Kier molecular flexibility index (Phi) is 5.79. The Hall–Kier alpha value is -3.53. The van der Waals surface area contributed by atoms with Gasteiger partial charge in [-0.15, -0.1) is 0 Å². The van der Waals surface area contributed by atoms with Crippen LogP contribution in [-0.2, 0) is 0 Å². The number of aromatic nitrogens is 2. The van der Waals surface area contributed by atoms with E-state index in [0.717, 1.165) is 51.2 Å². The molecule has 0 unspecified atom stereocenters. The van der Waals surface area contributed by atoms with Gasteiger partial charge < -0.3 is 4.74 Å². The molecule has 0 saturated carbocycles. The topological polar surface area (TPSA) is 35.0 Å². The fourth-order valence-corrected chi connectivity index (χ4v) is 4.14. The molecule has 4 rings (SSSR count). The van der Waals surface area contributed by atoms with Crippen LogP contribution < -0.4 is 4.74 Å². The monoisotopic (exact) mass is 426 g/mol. The number of hydrogen-bond acceptors (Lipinski definition) is 3. The number of halogens is 1. The first kappa shape index (κ1) is 21.7. The van der Waals surface area contributed by atoms with Crippen LogP contribution >= 0.6 is 0 Å². The first-order valence-corrected chi connectivity index (χ1v) is 10.8. The molecule has 162 valence electrons. The standard InChI is InChI=1S/C28H27FN2O/c1-7-16(2)27-18(4)17(3)23-9-8-12-30-28(23)24-11-10-22(29)14-25(24)20(6)32-26-13-21(27)15-31-19(26)5/h8-15,20H,3-4,7H2,1-2,5-6H3/b27-16-/t20-/m1/s1. The second kappa shape index (κ2) is 8.54. The maximum absolute atomic E-state index is 14.3. The minimum absolute atomic E-state index is 0.320. The second-order valence-electron chi connectivity index (χ2n) is 8.16. The van der Waals surface area contributed by atoms with Gasteiger partial charge in [0.1, 0.15) is 17.7 Å². The van der Waals surface area contributed by atoms with E-state index in [4.69, 9.17) is 4.74 Å². The Morgan fingerprint density at radius 1 is 1.09 bits per heavy atom. The van der Waals surface area contributed by atoms with Gasteiger partial charge in [0.25, 0.3) is 0 Å². The molecule has 2 aromatic heterocycles. The van der Waals surface area contributed by atoms with Crippen molar-refractivity contribution in [1.82, 2.24) is 9.97 Å². The molecule has 2 bridgehead atoms. The van der Waals surface area contributed by atoms with E-state index >= 15 is 0 Å². The van der Waals surface area contributed by atoms with Gasteiger partial charge in [-0.05, 0) is 74.2 Å². The molecule has 3 nitrogen and oxygen atoms in total. The Morgan fingerprint density at radius 3 is 2.62 bits per heavy atom. The number of benzene rings is 1. The molecule has 1 aromatic carbocycles. The van der Waals surface area contributed by atoms with Gasteiger partial charge in [0.05, 0.1) is 11.4 Å². The summed E-state index contributed by atoms with van der Waals surface area (Å²) in [7, 11) is 0. The van der Waals surface area contributed by atoms with Crippen LogP contribution in [0.5, 0.6) is 5.75 Å². The van der Waals surface area contributed by atoms with E-state index in [1.807, 2.05) is 38.2 Å². The maximum Gasteiger partial charge on any atom is 0.142 e. The van der Waals surface area contributed by atoms with Crippen LogP contribution in [0.4, 0.5) is 4.39 Å². The normalized spacial score (nSPS) is 17.5. The minimum Gasteiger partial charge on any atom is -0.484 e. The third kappa shape index (κ3) is 3.77. The van der Waals surface area contributed by atoms with Crippen molar-refractivity contribution in [2.45, 2.75) is 40.2 Å². The van der Waals surface area contributed by atoms with Crippen LogP contribution in [0.3, 0.4) is 0 Å². The number of pyridine rings is 2. The molecule has 1 aliphatic rings. The van der Waals surface area contributed by atoms with Crippen LogP contribution in [0.1, 0.15) is 55.7 Å². The molecule has 0 amide bonds. The highest BCUT2D eigenvalue weighted by atomic mass is 19.1. The molecule has 0 aliphatic carbocycles. The minimum atomic E-state index is -0.415. The quantitative estimate of drug-likeness (QED) is 0.404. The zero-order chi connectivity index (χ0) is 23.0. The molecule has 0 saturated heterocycles. The first-order chi connectivity index (χ1) is 15.3. The highest BCUT2D eigenvalue weighted by Gasteiger charge is 2.23. The molecule has 32 heavy (non-hydrogen) atoms. The lowest BCUT2D eigenvalue weighted by Crippen LogP contribution is -2.10. The van der Waals surface area contributed by atoms with E-state index in [-0.39, 0.29) is 5.82 Å². The number of aryl methyl sites for hydroxylation is 1. The summed E-state index contributed by atoms with van der Waals surface area (Å²) in [6, 6.07) is 10.6. The van der Waals surface area contributed by atoms with E-state index in [0.29, 0.717) is 11.3 Å². The molecule has 4 heteroatoms. The molecule has 3 aromatic rings. The zero-order valence-corrected chi connectivity index (χ0v) is 19.0. The average Bonchev–Trinajstić information content (AvgIpc) is 2.79. The summed E-state index contributed by atoms with van der Waals surface area (Å²) in [6.45, 7) is 16.9. The third-order valence-corrected chi connectivity index (χ3v) is 6.10. The fraction of sp³-hybridized carbons (Fsp3) is 0.214. The lowest BCUT2D eigenvalue weighted by molar-refractivity contribution is 0.224. The Bertz CT molecular complexity index is 1270. The molecular weight excluding hydrogens is 399 g/mol. The van der Waals surface area contributed by atoms with Crippen molar-refractivity contribution in [2.75, 3.05) is 0 Å². The van der Waals surface area contributed by atoms with Crippen molar-refractivity contribution < 1.29 is 9.13 Å². The van der Waals surface area contributed by atoms with Crippen molar-refractivity contribution in [3.05, 3.63) is 101 Å². The molecule has 0 spiro atoms. The van der Waals surface area contributed by atoms with Crippen LogP contribution in [0.15, 0.2) is 73.1 Å². The van der Waals surface area contributed by atoms with Gasteiger partial charge in [-0.3, -0.25) is 9.97 Å². The molecule has 3 heterocycles. The van der Waals surface area contributed by atoms with Gasteiger partial charge >= 0.3 is 0 Å². The van der Waals surface area contributed by atoms with Crippen molar-refractivity contribution in [2.24, 2.45) is 0 Å². The van der Waals surface area contributed by atoms with E-state index in [1.165, 1.54) is 17.7 Å². The molecule has 0 N–H and O–H groups in total. The van der Waals surface area contributed by atoms with Gasteiger partial charge in [-0.2, -0.15) is 0 Å². The highest BCUT2D eigenvalue weighted by molar-refractivity contribution is 6.00. The first-order valence-electron chi connectivity index (χ1n) is 10.8. The SMILES string of the molecule is C=C1C(=C)c2cccnc2-c2ccc(F)cc2[C@@H](C)Oc2cc(cnc2C)/C1=C(/C)CC. The number of nitrogens with zero attached hydrogens (tertiary/aromatic N) is 2. The average molecular weight is 427 g/mol.